The van der Waals surface area contributed by atoms with Gasteiger partial charge in [-0.25, -0.2) is 0 Å². The number of para-hydroxylation sites is 1. The number of nitrogens with two attached hydrogens (primary N) is 1. The van der Waals surface area contributed by atoms with Crippen molar-refractivity contribution in [1.82, 2.24) is 10.6 Å². The SMILES string of the molecule is C=C/C(C)=C\C=C(/CN)C(=NCc1ccccc1O)NCCNCC. The Morgan fingerprint density at radius 3 is 2.68 bits per heavy atom. The number of nitrogens with one attached hydrogen (secondary N) is 2. The first-order chi connectivity index (χ1) is 12.1. The highest BCUT2D eigenvalue weighted by Crippen LogP contribution is 2.16. The Morgan fingerprint density at radius 1 is 1.28 bits per heavy atom. The van der Waals surface area contributed by atoms with E-state index in [4.69, 9.17) is 5.73 Å². The molecule has 25 heavy (non-hydrogen) atoms. The van der Waals surface area contributed by atoms with Crippen molar-refractivity contribution in [2.45, 2.75) is 20.4 Å². The predicted molar refractivity (Wildman–Crippen MR) is 107 cm³/mol. The maximum atomic E-state index is 9.91. The lowest BCUT2D eigenvalue weighted by Gasteiger charge is -2.13. The van der Waals surface area contributed by atoms with Crippen LogP contribution in [0.1, 0.15) is 19.4 Å². The van der Waals surface area contributed by atoms with Gasteiger partial charge in [-0.2, -0.15) is 0 Å². The van der Waals surface area contributed by atoms with Crippen molar-refractivity contribution < 1.29 is 5.11 Å². The molecule has 0 heterocycles. The highest BCUT2D eigenvalue weighted by molar-refractivity contribution is 5.99. The minimum absolute atomic E-state index is 0.249. The molecule has 5 N–H and O–H groups in total. The zero-order valence-corrected chi connectivity index (χ0v) is 15.3. The van der Waals surface area contributed by atoms with Crippen LogP contribution in [0.4, 0.5) is 0 Å². The van der Waals surface area contributed by atoms with Crippen LogP contribution in [0.3, 0.4) is 0 Å². The van der Waals surface area contributed by atoms with Gasteiger partial charge >= 0.3 is 0 Å². The monoisotopic (exact) mass is 342 g/mol. The number of hydrogen-bond acceptors (Lipinski definition) is 4. The Labute approximate surface area is 151 Å². The van der Waals surface area contributed by atoms with Gasteiger partial charge < -0.3 is 21.5 Å². The van der Waals surface area contributed by atoms with Crippen LogP contribution in [0, 0.1) is 0 Å². The van der Waals surface area contributed by atoms with Gasteiger partial charge in [-0.05, 0) is 19.5 Å². The smallest absolute Gasteiger partial charge is 0.125 e. The second-order valence-corrected chi connectivity index (χ2v) is 5.58. The van der Waals surface area contributed by atoms with Crippen LogP contribution in [-0.2, 0) is 6.54 Å². The molecule has 0 atom stereocenters. The Kier molecular flexibility index (Phi) is 9.97. The number of aliphatic imine (C=N–C) groups is 1. The molecule has 136 valence electrons. The van der Waals surface area contributed by atoms with Gasteiger partial charge in [0.15, 0.2) is 0 Å². The summed E-state index contributed by atoms with van der Waals surface area (Å²) >= 11 is 0. The summed E-state index contributed by atoms with van der Waals surface area (Å²) in [5, 5.41) is 16.5. The van der Waals surface area contributed by atoms with E-state index in [1.165, 1.54) is 0 Å². The number of rotatable bonds is 10. The second kappa shape index (κ2) is 12.1. The summed E-state index contributed by atoms with van der Waals surface area (Å²) in [4.78, 5) is 4.64. The molecule has 5 heteroatoms. The van der Waals surface area contributed by atoms with Crippen molar-refractivity contribution in [3.63, 3.8) is 0 Å². The van der Waals surface area contributed by atoms with Gasteiger partial charge in [-0.15, -0.1) is 0 Å². The van der Waals surface area contributed by atoms with Crippen molar-refractivity contribution in [2.24, 2.45) is 10.7 Å². The summed E-state index contributed by atoms with van der Waals surface area (Å²) in [5.74, 6) is 0.996. The largest absolute Gasteiger partial charge is 0.508 e. The first-order valence-corrected chi connectivity index (χ1v) is 8.58. The van der Waals surface area contributed by atoms with Gasteiger partial charge in [0.25, 0.3) is 0 Å². The zero-order valence-electron chi connectivity index (χ0n) is 15.3. The number of nitrogens with zero attached hydrogens (tertiary/aromatic N) is 1. The number of amidine groups is 1. The Bertz CT molecular complexity index is 632. The van der Waals surface area contributed by atoms with Gasteiger partial charge in [0.2, 0.25) is 0 Å². The van der Waals surface area contributed by atoms with E-state index in [0.29, 0.717) is 13.1 Å². The molecule has 0 aliphatic carbocycles. The molecule has 1 aromatic carbocycles. The summed E-state index contributed by atoms with van der Waals surface area (Å²) in [7, 11) is 0. The zero-order chi connectivity index (χ0) is 18.5. The van der Waals surface area contributed by atoms with Crippen molar-refractivity contribution in [3.05, 3.63) is 65.8 Å². The van der Waals surface area contributed by atoms with Crippen molar-refractivity contribution in [2.75, 3.05) is 26.2 Å². The minimum Gasteiger partial charge on any atom is -0.508 e. The highest BCUT2D eigenvalue weighted by atomic mass is 16.3. The number of aromatic hydroxyl groups is 1. The normalized spacial score (nSPS) is 13.0. The van der Waals surface area contributed by atoms with E-state index in [0.717, 1.165) is 42.2 Å². The molecule has 0 amide bonds. The first kappa shape index (κ1) is 20.7. The molecule has 0 aromatic heterocycles. The van der Waals surface area contributed by atoms with Crippen LogP contribution < -0.4 is 16.4 Å². The third-order valence-electron chi connectivity index (χ3n) is 3.64. The fourth-order valence-electron chi connectivity index (χ4n) is 2.07. The summed E-state index contributed by atoms with van der Waals surface area (Å²) < 4.78 is 0. The van der Waals surface area contributed by atoms with Crippen molar-refractivity contribution in [3.8, 4) is 5.75 Å². The summed E-state index contributed by atoms with van der Waals surface area (Å²) in [6, 6.07) is 7.21. The molecule has 0 aliphatic heterocycles. The number of phenolic OH excluding ortho intramolecular Hbond substituents is 1. The van der Waals surface area contributed by atoms with E-state index in [2.05, 4.69) is 29.1 Å². The Balaban J connectivity index is 2.98. The fraction of sp³-hybridized carbons (Fsp3) is 0.350. The summed E-state index contributed by atoms with van der Waals surface area (Å²) in [6.07, 6.45) is 5.72. The van der Waals surface area contributed by atoms with Gasteiger partial charge in [0, 0.05) is 30.8 Å². The molecule has 0 bridgehead atoms. The standard InChI is InChI=1S/C20H30N4O/c1-4-16(3)10-11-17(14-21)20(23-13-12-22-5-2)24-15-18-8-6-7-9-19(18)25/h4,6-11,22,25H,1,5,12-15,21H2,2-3H3,(H,23,24)/b16-10-,17-11+. The molecule has 1 rings (SSSR count). The number of hydrogen-bond donors (Lipinski definition) is 4. The van der Waals surface area contributed by atoms with Crippen molar-refractivity contribution in [1.29, 1.82) is 0 Å². The molecular weight excluding hydrogens is 312 g/mol. The Morgan fingerprint density at radius 2 is 2.04 bits per heavy atom. The second-order valence-electron chi connectivity index (χ2n) is 5.58. The molecule has 0 aliphatic rings. The summed E-state index contributed by atoms with van der Waals surface area (Å²) in [5.41, 5.74) is 8.67. The third-order valence-corrected chi connectivity index (χ3v) is 3.64. The fourth-order valence-corrected chi connectivity index (χ4v) is 2.07. The van der Waals surface area contributed by atoms with E-state index in [-0.39, 0.29) is 5.75 Å². The molecule has 5 nitrogen and oxygen atoms in total. The molecular formula is C20H30N4O. The first-order valence-electron chi connectivity index (χ1n) is 8.58. The minimum atomic E-state index is 0.249. The third kappa shape index (κ3) is 7.83. The Hall–Kier alpha value is -2.37. The summed E-state index contributed by atoms with van der Waals surface area (Å²) in [6.45, 7) is 11.1. The van der Waals surface area contributed by atoms with Gasteiger partial charge in [-0.1, -0.05) is 55.5 Å². The van der Waals surface area contributed by atoms with E-state index < -0.39 is 0 Å². The van der Waals surface area contributed by atoms with E-state index in [1.807, 2.05) is 31.2 Å². The lowest BCUT2D eigenvalue weighted by Crippen LogP contribution is -2.34. The molecule has 0 unspecified atom stereocenters. The van der Waals surface area contributed by atoms with E-state index in [1.54, 1.807) is 18.2 Å². The lowest BCUT2D eigenvalue weighted by atomic mass is 10.1. The van der Waals surface area contributed by atoms with Gasteiger partial charge in [-0.3, -0.25) is 4.99 Å². The van der Waals surface area contributed by atoms with E-state index >= 15 is 0 Å². The van der Waals surface area contributed by atoms with Crippen LogP contribution in [0.15, 0.2) is 65.2 Å². The van der Waals surface area contributed by atoms with Crippen LogP contribution in [0.5, 0.6) is 5.75 Å². The quantitative estimate of drug-likeness (QED) is 0.228. The van der Waals surface area contributed by atoms with Crippen molar-refractivity contribution >= 4 is 5.84 Å². The topological polar surface area (TPSA) is 82.7 Å². The average molecular weight is 342 g/mol. The van der Waals surface area contributed by atoms with E-state index in [9.17, 15) is 5.11 Å². The lowest BCUT2D eigenvalue weighted by molar-refractivity contribution is 0.468. The molecule has 0 fully saturated rings. The van der Waals surface area contributed by atoms with Gasteiger partial charge in [0.1, 0.15) is 11.6 Å². The molecule has 0 saturated carbocycles. The molecule has 1 aromatic rings. The number of benzene rings is 1. The van der Waals surface area contributed by atoms with Crippen LogP contribution >= 0.6 is 0 Å². The molecule has 0 saturated heterocycles. The molecule has 0 spiro atoms. The van der Waals surface area contributed by atoms with Crippen LogP contribution in [0.25, 0.3) is 0 Å². The molecule has 0 radical (unpaired) electrons. The van der Waals surface area contributed by atoms with Crippen LogP contribution in [-0.4, -0.2) is 37.1 Å². The van der Waals surface area contributed by atoms with Crippen LogP contribution in [0.2, 0.25) is 0 Å². The predicted octanol–water partition coefficient (Wildman–Crippen LogP) is 2.51. The number of phenols is 1. The number of allylic oxidation sites excluding steroid dienone is 4. The number of likely N-dealkylation sites (N-methyl/N-ethyl adjacent to an activating group) is 1. The highest BCUT2D eigenvalue weighted by Gasteiger charge is 2.06. The average Bonchev–Trinajstić information content (AvgIpc) is 2.63. The maximum absolute atomic E-state index is 9.91. The maximum Gasteiger partial charge on any atom is 0.125 e. The van der Waals surface area contributed by atoms with Gasteiger partial charge in [0.05, 0.1) is 6.54 Å².